The Morgan fingerprint density at radius 1 is 1.18 bits per heavy atom. The molecule has 1 atom stereocenters. The van der Waals surface area contributed by atoms with Crippen LogP contribution in [0.15, 0.2) is 30.7 Å². The van der Waals surface area contributed by atoms with Gasteiger partial charge in [0, 0.05) is 56.5 Å². The first-order chi connectivity index (χ1) is 15.8. The lowest BCUT2D eigenvalue weighted by Gasteiger charge is -2.35. The molecular weight excluding hydrogens is 432 g/mol. The summed E-state index contributed by atoms with van der Waals surface area (Å²) < 4.78 is 4.89. The number of carboxylic acids is 1. The van der Waals surface area contributed by atoms with Gasteiger partial charge in [-0.05, 0) is 19.9 Å². The van der Waals surface area contributed by atoms with Gasteiger partial charge in [0.2, 0.25) is 5.95 Å². The summed E-state index contributed by atoms with van der Waals surface area (Å²) in [5.74, 6) is 0.126. The number of rotatable bonds is 8. The summed E-state index contributed by atoms with van der Waals surface area (Å²) in [5.41, 5.74) is 0.832. The lowest BCUT2D eigenvalue weighted by atomic mass is 10.3. The van der Waals surface area contributed by atoms with Crippen LogP contribution in [-0.2, 0) is 9.53 Å². The molecule has 3 amide bonds. The molecule has 178 valence electrons. The predicted molar refractivity (Wildman–Crippen MR) is 119 cm³/mol. The number of pyridine rings is 1. The highest BCUT2D eigenvalue weighted by atomic mass is 16.6. The molecule has 0 bridgehead atoms. The van der Waals surface area contributed by atoms with E-state index in [1.54, 1.807) is 37.3 Å². The lowest BCUT2D eigenvalue weighted by molar-refractivity contribution is -0.139. The van der Waals surface area contributed by atoms with E-state index in [9.17, 15) is 19.5 Å². The molecule has 3 heterocycles. The first kappa shape index (κ1) is 23.6. The molecule has 3 rings (SSSR count). The van der Waals surface area contributed by atoms with Crippen molar-refractivity contribution in [2.24, 2.45) is 0 Å². The molecule has 0 spiro atoms. The number of nitrogens with one attached hydrogen (secondary N) is 4. The summed E-state index contributed by atoms with van der Waals surface area (Å²) in [4.78, 5) is 50.7. The molecule has 0 aromatic carbocycles. The second kappa shape index (κ2) is 11.0. The largest absolute Gasteiger partial charge is 0.480 e. The van der Waals surface area contributed by atoms with Crippen LogP contribution in [-0.4, -0.2) is 87.9 Å². The number of piperazine rings is 1. The molecule has 1 saturated heterocycles. The SMILES string of the molecule is CC(C)OC(=O)NC(CNC(=O)N1CCN(c2cc(Nc3ncc[nH]3)ccn2)CC1)C(=O)O. The maximum absolute atomic E-state index is 12.5. The molecule has 0 saturated carbocycles. The number of carbonyl (C=O) groups excluding carboxylic acids is 2. The third-order valence-electron chi connectivity index (χ3n) is 4.79. The van der Waals surface area contributed by atoms with Gasteiger partial charge in [0.1, 0.15) is 11.9 Å². The number of aromatic nitrogens is 3. The van der Waals surface area contributed by atoms with Gasteiger partial charge in [0.25, 0.3) is 0 Å². The predicted octanol–water partition coefficient (Wildman–Crippen LogP) is 0.968. The zero-order valence-corrected chi connectivity index (χ0v) is 18.4. The number of nitrogens with zero attached hydrogens (tertiary/aromatic N) is 4. The molecule has 13 heteroatoms. The number of hydrogen-bond donors (Lipinski definition) is 5. The van der Waals surface area contributed by atoms with Crippen LogP contribution in [0.4, 0.5) is 27.0 Å². The van der Waals surface area contributed by atoms with Crippen molar-refractivity contribution in [3.63, 3.8) is 0 Å². The van der Waals surface area contributed by atoms with Crippen LogP contribution in [0.3, 0.4) is 0 Å². The van der Waals surface area contributed by atoms with E-state index in [1.165, 1.54) is 0 Å². The van der Waals surface area contributed by atoms with E-state index in [0.29, 0.717) is 32.1 Å². The highest BCUT2D eigenvalue weighted by Crippen LogP contribution is 2.20. The fourth-order valence-corrected chi connectivity index (χ4v) is 3.17. The van der Waals surface area contributed by atoms with Crippen LogP contribution in [0.5, 0.6) is 0 Å². The van der Waals surface area contributed by atoms with Crippen molar-refractivity contribution in [1.82, 2.24) is 30.5 Å². The zero-order valence-electron chi connectivity index (χ0n) is 18.4. The first-order valence-electron chi connectivity index (χ1n) is 10.5. The van der Waals surface area contributed by atoms with Crippen molar-refractivity contribution in [3.05, 3.63) is 30.7 Å². The number of ether oxygens (including phenoxy) is 1. The minimum absolute atomic E-state index is 0.260. The molecule has 5 N–H and O–H groups in total. The lowest BCUT2D eigenvalue weighted by Crippen LogP contribution is -2.55. The van der Waals surface area contributed by atoms with Gasteiger partial charge in [-0.2, -0.15) is 0 Å². The maximum atomic E-state index is 12.5. The Morgan fingerprint density at radius 3 is 2.58 bits per heavy atom. The first-order valence-corrected chi connectivity index (χ1v) is 10.5. The van der Waals surface area contributed by atoms with Gasteiger partial charge in [-0.1, -0.05) is 0 Å². The zero-order chi connectivity index (χ0) is 23.8. The Balaban J connectivity index is 1.47. The van der Waals surface area contributed by atoms with Crippen LogP contribution >= 0.6 is 0 Å². The molecule has 1 aliphatic rings. The Kier molecular flexibility index (Phi) is 7.89. The monoisotopic (exact) mass is 460 g/mol. The molecular formula is C20H28N8O5. The summed E-state index contributed by atoms with van der Waals surface area (Å²) in [7, 11) is 0. The number of urea groups is 1. The van der Waals surface area contributed by atoms with Gasteiger partial charge in [-0.15, -0.1) is 0 Å². The van der Waals surface area contributed by atoms with Crippen molar-refractivity contribution >= 4 is 35.5 Å². The molecule has 1 fully saturated rings. The average molecular weight is 460 g/mol. The van der Waals surface area contributed by atoms with E-state index in [2.05, 4.69) is 35.8 Å². The van der Waals surface area contributed by atoms with Gasteiger partial charge in [0.05, 0.1) is 12.6 Å². The Bertz CT molecular complexity index is 944. The number of alkyl carbamates (subject to hydrolysis) is 1. The summed E-state index contributed by atoms with van der Waals surface area (Å²) in [6.45, 7) is 5.03. The highest BCUT2D eigenvalue weighted by Gasteiger charge is 2.25. The number of hydrogen-bond acceptors (Lipinski definition) is 8. The van der Waals surface area contributed by atoms with Crippen molar-refractivity contribution in [2.75, 3.05) is 42.9 Å². The van der Waals surface area contributed by atoms with Gasteiger partial charge in [-0.25, -0.2) is 24.4 Å². The van der Waals surface area contributed by atoms with Gasteiger partial charge >= 0.3 is 18.1 Å². The van der Waals surface area contributed by atoms with E-state index in [1.807, 2.05) is 12.1 Å². The minimum atomic E-state index is -1.30. The Morgan fingerprint density at radius 2 is 1.94 bits per heavy atom. The number of aromatic amines is 1. The molecule has 1 aliphatic heterocycles. The quantitative estimate of drug-likeness (QED) is 0.386. The molecule has 13 nitrogen and oxygen atoms in total. The van der Waals surface area contributed by atoms with Crippen LogP contribution in [0.25, 0.3) is 0 Å². The van der Waals surface area contributed by atoms with Crippen molar-refractivity contribution < 1.29 is 24.2 Å². The summed E-state index contributed by atoms with van der Waals surface area (Å²) in [6, 6.07) is 2.04. The molecule has 2 aromatic heterocycles. The number of carbonyl (C=O) groups is 3. The second-order valence-corrected chi connectivity index (χ2v) is 7.61. The van der Waals surface area contributed by atoms with Crippen molar-refractivity contribution in [3.8, 4) is 0 Å². The summed E-state index contributed by atoms with van der Waals surface area (Å²) in [6.07, 6.45) is 3.84. The smallest absolute Gasteiger partial charge is 0.408 e. The van der Waals surface area contributed by atoms with Gasteiger partial charge < -0.3 is 40.6 Å². The number of imidazole rings is 1. The highest BCUT2D eigenvalue weighted by molar-refractivity contribution is 5.81. The van der Waals surface area contributed by atoms with Gasteiger partial charge in [-0.3, -0.25) is 0 Å². The fourth-order valence-electron chi connectivity index (χ4n) is 3.17. The number of amides is 3. The minimum Gasteiger partial charge on any atom is -0.480 e. The van der Waals surface area contributed by atoms with Crippen LogP contribution in [0, 0.1) is 0 Å². The molecule has 0 aliphatic carbocycles. The topological polar surface area (TPSA) is 165 Å². The van der Waals surface area contributed by atoms with Crippen molar-refractivity contribution in [1.29, 1.82) is 0 Å². The van der Waals surface area contributed by atoms with Crippen molar-refractivity contribution in [2.45, 2.75) is 26.0 Å². The van der Waals surface area contributed by atoms with Crippen LogP contribution in [0.1, 0.15) is 13.8 Å². The van der Waals surface area contributed by atoms with E-state index in [4.69, 9.17) is 4.74 Å². The number of aliphatic carboxylic acids is 1. The fraction of sp³-hybridized carbons (Fsp3) is 0.450. The molecule has 1 unspecified atom stereocenters. The molecule has 0 radical (unpaired) electrons. The van der Waals surface area contributed by atoms with E-state index >= 15 is 0 Å². The standard InChI is InChI=1S/C20H28N8O5/c1-13(2)33-20(32)26-15(17(29)30)12-24-19(31)28-9-7-27(8-10-28)16-11-14(3-4-21-16)25-18-22-5-6-23-18/h3-6,11,13,15H,7-10,12H2,1-2H3,(H,24,31)(H,26,32)(H,29,30)(H2,21,22,23,25). The normalized spacial score (nSPS) is 14.5. The summed E-state index contributed by atoms with van der Waals surface area (Å²) >= 11 is 0. The molecule has 2 aromatic rings. The third-order valence-corrected chi connectivity index (χ3v) is 4.79. The Hall–Kier alpha value is -4.03. The van der Waals surface area contributed by atoms with E-state index < -0.39 is 24.1 Å². The molecule has 33 heavy (non-hydrogen) atoms. The van der Waals surface area contributed by atoms with Crippen LogP contribution in [0.2, 0.25) is 0 Å². The number of anilines is 3. The maximum Gasteiger partial charge on any atom is 0.408 e. The second-order valence-electron chi connectivity index (χ2n) is 7.61. The number of carboxylic acid groups (broad SMARTS) is 1. The summed E-state index contributed by atoms with van der Waals surface area (Å²) in [5, 5.41) is 17.2. The van der Waals surface area contributed by atoms with Crippen LogP contribution < -0.4 is 20.9 Å². The number of H-pyrrole nitrogens is 1. The Labute approximate surface area is 190 Å². The van der Waals surface area contributed by atoms with E-state index in [-0.39, 0.29) is 12.6 Å². The van der Waals surface area contributed by atoms with Gasteiger partial charge in [0.15, 0.2) is 0 Å². The third kappa shape index (κ3) is 6.98. The van der Waals surface area contributed by atoms with E-state index in [0.717, 1.165) is 11.5 Å². The average Bonchev–Trinajstić information content (AvgIpc) is 3.29.